The van der Waals surface area contributed by atoms with E-state index in [0.717, 1.165) is 16.5 Å². The standard InChI is InChI=1S/C30H27ClN4O3S/c1-38-27-18-22-10-6-5-9-21(22)17-24(27)28(36)33-30(39)32-23-11-12-26(25(31)19-23)34-13-15-35(16-14-34)29(37)20-7-3-2-4-8-20/h2-12,17-19H,13-16H2,1H3,(H2,32,33,36,39). The van der Waals surface area contributed by atoms with Crippen molar-refractivity contribution in [2.45, 2.75) is 0 Å². The Morgan fingerprint density at radius 3 is 2.21 bits per heavy atom. The number of nitrogens with zero attached hydrogens (tertiary/aromatic N) is 2. The molecule has 5 rings (SSSR count). The summed E-state index contributed by atoms with van der Waals surface area (Å²) in [4.78, 5) is 29.7. The van der Waals surface area contributed by atoms with Gasteiger partial charge in [-0.25, -0.2) is 0 Å². The van der Waals surface area contributed by atoms with Gasteiger partial charge in [-0.3, -0.25) is 14.9 Å². The van der Waals surface area contributed by atoms with Crippen LogP contribution in [0.15, 0.2) is 84.9 Å². The minimum Gasteiger partial charge on any atom is -0.496 e. The number of fused-ring (bicyclic) bond motifs is 1. The minimum absolute atomic E-state index is 0.0396. The maximum Gasteiger partial charge on any atom is 0.261 e. The van der Waals surface area contributed by atoms with Gasteiger partial charge in [0.1, 0.15) is 5.75 Å². The maximum atomic E-state index is 13.0. The number of rotatable bonds is 5. The number of thiocarbonyl (C=S) groups is 1. The molecule has 2 amide bonds. The summed E-state index contributed by atoms with van der Waals surface area (Å²) < 4.78 is 5.43. The molecule has 4 aromatic carbocycles. The van der Waals surface area contributed by atoms with Gasteiger partial charge in [-0.05, 0) is 65.5 Å². The zero-order chi connectivity index (χ0) is 27.4. The van der Waals surface area contributed by atoms with Crippen LogP contribution >= 0.6 is 23.8 Å². The highest BCUT2D eigenvalue weighted by atomic mass is 35.5. The van der Waals surface area contributed by atoms with Gasteiger partial charge in [0.2, 0.25) is 0 Å². The van der Waals surface area contributed by atoms with Gasteiger partial charge in [-0.1, -0.05) is 54.1 Å². The molecular weight excluding hydrogens is 532 g/mol. The fourth-order valence-corrected chi connectivity index (χ4v) is 5.16. The number of carbonyl (C=O) groups excluding carboxylic acids is 2. The molecule has 1 saturated heterocycles. The molecule has 0 saturated carbocycles. The lowest BCUT2D eigenvalue weighted by molar-refractivity contribution is 0.0746. The second-order valence-corrected chi connectivity index (χ2v) is 9.93. The summed E-state index contributed by atoms with van der Waals surface area (Å²) in [5, 5.41) is 8.35. The molecule has 0 aliphatic carbocycles. The third-order valence-corrected chi connectivity index (χ3v) is 7.18. The summed E-state index contributed by atoms with van der Waals surface area (Å²) in [6.07, 6.45) is 0. The summed E-state index contributed by atoms with van der Waals surface area (Å²) >= 11 is 12.0. The molecular formula is C30H27ClN4O3S. The van der Waals surface area contributed by atoms with Crippen LogP contribution in [0.2, 0.25) is 5.02 Å². The third kappa shape index (κ3) is 5.97. The number of benzene rings is 4. The lowest BCUT2D eigenvalue weighted by Gasteiger charge is -2.36. The van der Waals surface area contributed by atoms with Crippen molar-refractivity contribution in [3.63, 3.8) is 0 Å². The van der Waals surface area contributed by atoms with Crippen LogP contribution in [-0.4, -0.2) is 55.1 Å². The predicted molar refractivity (Wildman–Crippen MR) is 160 cm³/mol. The summed E-state index contributed by atoms with van der Waals surface area (Å²) in [7, 11) is 1.53. The Labute approximate surface area is 237 Å². The lowest BCUT2D eigenvalue weighted by atomic mass is 10.1. The van der Waals surface area contributed by atoms with E-state index in [1.165, 1.54) is 7.11 Å². The van der Waals surface area contributed by atoms with Gasteiger partial charge >= 0.3 is 0 Å². The molecule has 0 unspecified atom stereocenters. The van der Waals surface area contributed by atoms with Crippen LogP contribution in [0.5, 0.6) is 5.75 Å². The van der Waals surface area contributed by atoms with E-state index < -0.39 is 0 Å². The molecule has 1 fully saturated rings. The van der Waals surface area contributed by atoms with Crippen molar-refractivity contribution in [3.05, 3.63) is 101 Å². The number of ether oxygens (including phenoxy) is 1. The van der Waals surface area contributed by atoms with Crippen molar-refractivity contribution in [1.29, 1.82) is 0 Å². The molecule has 1 aliphatic heterocycles. The molecule has 4 aromatic rings. The molecule has 0 aromatic heterocycles. The number of methoxy groups -OCH3 is 1. The molecule has 0 radical (unpaired) electrons. The first-order valence-electron chi connectivity index (χ1n) is 12.5. The fraction of sp³-hybridized carbons (Fsp3) is 0.167. The normalized spacial score (nSPS) is 13.2. The smallest absolute Gasteiger partial charge is 0.261 e. The number of halogens is 1. The van der Waals surface area contributed by atoms with E-state index in [0.29, 0.717) is 53.8 Å². The Morgan fingerprint density at radius 2 is 1.54 bits per heavy atom. The van der Waals surface area contributed by atoms with E-state index >= 15 is 0 Å². The summed E-state index contributed by atoms with van der Waals surface area (Å²) in [6.45, 7) is 2.57. The molecule has 198 valence electrons. The summed E-state index contributed by atoms with van der Waals surface area (Å²) in [6, 6.07) is 26.2. The van der Waals surface area contributed by atoms with E-state index in [1.807, 2.05) is 77.7 Å². The lowest BCUT2D eigenvalue weighted by Crippen LogP contribution is -2.48. The van der Waals surface area contributed by atoms with Gasteiger partial charge in [0.15, 0.2) is 5.11 Å². The van der Waals surface area contributed by atoms with Crippen LogP contribution in [0.1, 0.15) is 20.7 Å². The van der Waals surface area contributed by atoms with E-state index in [2.05, 4.69) is 15.5 Å². The fourth-order valence-electron chi connectivity index (χ4n) is 4.65. The molecule has 1 heterocycles. The van der Waals surface area contributed by atoms with Crippen molar-refractivity contribution in [1.82, 2.24) is 10.2 Å². The van der Waals surface area contributed by atoms with Gasteiger partial charge in [0, 0.05) is 37.4 Å². The Morgan fingerprint density at radius 1 is 0.872 bits per heavy atom. The van der Waals surface area contributed by atoms with Crippen LogP contribution in [0.25, 0.3) is 10.8 Å². The predicted octanol–water partition coefficient (Wildman–Crippen LogP) is 5.59. The second-order valence-electron chi connectivity index (χ2n) is 9.12. The monoisotopic (exact) mass is 558 g/mol. The average molecular weight is 559 g/mol. The SMILES string of the molecule is COc1cc2ccccc2cc1C(=O)NC(=S)Nc1ccc(N2CCN(C(=O)c3ccccc3)CC2)c(Cl)c1. The largest absolute Gasteiger partial charge is 0.496 e. The summed E-state index contributed by atoms with van der Waals surface area (Å²) in [5.41, 5.74) is 2.61. The molecule has 7 nitrogen and oxygen atoms in total. The molecule has 39 heavy (non-hydrogen) atoms. The van der Waals surface area contributed by atoms with Crippen LogP contribution in [-0.2, 0) is 0 Å². The number of hydrogen-bond donors (Lipinski definition) is 2. The Bertz CT molecular complexity index is 1540. The molecule has 2 N–H and O–H groups in total. The first kappa shape index (κ1) is 26.5. The number of piperazine rings is 1. The van der Waals surface area contributed by atoms with Gasteiger partial charge in [-0.2, -0.15) is 0 Å². The third-order valence-electron chi connectivity index (χ3n) is 6.67. The highest BCUT2D eigenvalue weighted by molar-refractivity contribution is 7.80. The van der Waals surface area contributed by atoms with Crippen LogP contribution in [0, 0.1) is 0 Å². The summed E-state index contributed by atoms with van der Waals surface area (Å²) in [5.74, 6) is 0.130. The zero-order valence-electron chi connectivity index (χ0n) is 21.3. The van der Waals surface area contributed by atoms with Crippen LogP contribution in [0.3, 0.4) is 0 Å². The Hall–Kier alpha value is -4.14. The molecule has 0 bridgehead atoms. The molecule has 1 aliphatic rings. The van der Waals surface area contributed by atoms with Crippen LogP contribution in [0.4, 0.5) is 11.4 Å². The van der Waals surface area contributed by atoms with Crippen molar-refractivity contribution < 1.29 is 14.3 Å². The Kier molecular flexibility index (Phi) is 7.95. The van der Waals surface area contributed by atoms with E-state index in [4.69, 9.17) is 28.6 Å². The quantitative estimate of drug-likeness (QED) is 0.311. The highest BCUT2D eigenvalue weighted by Crippen LogP contribution is 2.30. The minimum atomic E-state index is -0.374. The first-order valence-corrected chi connectivity index (χ1v) is 13.3. The van der Waals surface area contributed by atoms with E-state index in [-0.39, 0.29) is 16.9 Å². The maximum absolute atomic E-state index is 13.0. The second kappa shape index (κ2) is 11.7. The first-order chi connectivity index (χ1) is 18.9. The zero-order valence-corrected chi connectivity index (χ0v) is 22.9. The van der Waals surface area contributed by atoms with Gasteiger partial charge < -0.3 is 19.9 Å². The van der Waals surface area contributed by atoms with Crippen molar-refractivity contribution in [3.8, 4) is 5.75 Å². The van der Waals surface area contributed by atoms with Crippen molar-refractivity contribution in [2.24, 2.45) is 0 Å². The number of amides is 2. The van der Waals surface area contributed by atoms with E-state index in [9.17, 15) is 9.59 Å². The van der Waals surface area contributed by atoms with Gasteiger partial charge in [0.05, 0.1) is 23.4 Å². The van der Waals surface area contributed by atoms with E-state index in [1.54, 1.807) is 12.1 Å². The van der Waals surface area contributed by atoms with Crippen molar-refractivity contribution in [2.75, 3.05) is 43.5 Å². The average Bonchev–Trinajstić information content (AvgIpc) is 2.96. The molecule has 0 atom stereocenters. The van der Waals surface area contributed by atoms with Gasteiger partial charge in [-0.15, -0.1) is 0 Å². The molecule has 9 heteroatoms. The Balaban J connectivity index is 1.20. The van der Waals surface area contributed by atoms with Gasteiger partial charge in [0.25, 0.3) is 11.8 Å². The topological polar surface area (TPSA) is 73.9 Å². The number of nitrogens with one attached hydrogen (secondary N) is 2. The van der Waals surface area contributed by atoms with Crippen molar-refractivity contribution >= 4 is 62.9 Å². The molecule has 0 spiro atoms. The van der Waals surface area contributed by atoms with Crippen LogP contribution < -0.4 is 20.3 Å². The number of hydrogen-bond acceptors (Lipinski definition) is 5. The highest BCUT2D eigenvalue weighted by Gasteiger charge is 2.23. The number of anilines is 2. The number of carbonyl (C=O) groups is 2.